The molecule has 19 heavy (non-hydrogen) atoms. The summed E-state index contributed by atoms with van der Waals surface area (Å²) < 4.78 is 0. The number of nitrogens with one attached hydrogen (secondary N) is 1. The molecule has 1 N–H and O–H groups in total. The van der Waals surface area contributed by atoms with Crippen LogP contribution in [0.1, 0.15) is 40.8 Å². The van der Waals surface area contributed by atoms with Gasteiger partial charge in [-0.2, -0.15) is 0 Å². The largest absolute Gasteiger partial charge is 0.306 e. The predicted molar refractivity (Wildman–Crippen MR) is 82.3 cm³/mol. The summed E-state index contributed by atoms with van der Waals surface area (Å²) in [6.07, 6.45) is 0. The van der Waals surface area contributed by atoms with Gasteiger partial charge in [0.15, 0.2) is 0 Å². The van der Waals surface area contributed by atoms with Gasteiger partial charge < -0.3 is 5.32 Å². The van der Waals surface area contributed by atoms with Gasteiger partial charge in [0.2, 0.25) is 0 Å². The summed E-state index contributed by atoms with van der Waals surface area (Å²) in [5, 5.41) is 3.62. The lowest BCUT2D eigenvalue weighted by molar-refractivity contribution is 0.571. The van der Waals surface area contributed by atoms with E-state index in [9.17, 15) is 0 Å². The second kappa shape index (κ2) is 6.03. The van der Waals surface area contributed by atoms with Gasteiger partial charge in [-0.1, -0.05) is 42.5 Å². The van der Waals surface area contributed by atoms with Crippen molar-refractivity contribution in [3.8, 4) is 0 Å². The van der Waals surface area contributed by atoms with E-state index in [0.29, 0.717) is 6.04 Å². The van der Waals surface area contributed by atoms with Crippen molar-refractivity contribution in [3.63, 3.8) is 0 Å². The van der Waals surface area contributed by atoms with Crippen molar-refractivity contribution in [2.45, 2.75) is 40.3 Å². The first-order chi connectivity index (χ1) is 9.09. The van der Waals surface area contributed by atoms with Gasteiger partial charge in [-0.15, -0.1) is 0 Å². The highest BCUT2D eigenvalue weighted by Gasteiger charge is 2.08. The first-order valence-corrected chi connectivity index (χ1v) is 6.93. The van der Waals surface area contributed by atoms with E-state index >= 15 is 0 Å². The number of rotatable bonds is 4. The van der Waals surface area contributed by atoms with Crippen LogP contribution in [0.3, 0.4) is 0 Å². The molecule has 0 unspecified atom stereocenters. The van der Waals surface area contributed by atoms with E-state index in [0.717, 1.165) is 6.54 Å². The Kier molecular flexibility index (Phi) is 4.39. The predicted octanol–water partition coefficient (Wildman–Crippen LogP) is 4.46. The van der Waals surface area contributed by atoms with Crippen LogP contribution in [0.4, 0.5) is 0 Å². The van der Waals surface area contributed by atoms with Crippen LogP contribution in [0.25, 0.3) is 0 Å². The molecular weight excluding hydrogens is 230 g/mol. The number of hydrogen-bond acceptors (Lipinski definition) is 1. The number of benzene rings is 2. The Morgan fingerprint density at radius 2 is 1.58 bits per heavy atom. The molecule has 2 aromatic rings. The second-order valence-corrected chi connectivity index (χ2v) is 5.32. The average molecular weight is 253 g/mol. The Hall–Kier alpha value is -1.60. The summed E-state index contributed by atoms with van der Waals surface area (Å²) in [4.78, 5) is 0. The van der Waals surface area contributed by atoms with Gasteiger partial charge in [0.25, 0.3) is 0 Å². The quantitative estimate of drug-likeness (QED) is 0.848. The van der Waals surface area contributed by atoms with Gasteiger partial charge in [-0.05, 0) is 55.5 Å². The molecule has 0 aliphatic carbocycles. The normalized spacial score (nSPS) is 12.4. The molecule has 0 spiro atoms. The summed E-state index contributed by atoms with van der Waals surface area (Å²) in [6.45, 7) is 9.69. The fourth-order valence-electron chi connectivity index (χ4n) is 2.45. The molecule has 2 rings (SSSR count). The van der Waals surface area contributed by atoms with Gasteiger partial charge >= 0.3 is 0 Å². The van der Waals surface area contributed by atoms with E-state index < -0.39 is 0 Å². The van der Waals surface area contributed by atoms with E-state index in [4.69, 9.17) is 0 Å². The fraction of sp³-hybridized carbons (Fsp3) is 0.333. The molecule has 2 aromatic carbocycles. The van der Waals surface area contributed by atoms with Gasteiger partial charge in [0, 0.05) is 12.6 Å². The summed E-state index contributed by atoms with van der Waals surface area (Å²) >= 11 is 0. The summed E-state index contributed by atoms with van der Waals surface area (Å²) in [5.41, 5.74) is 6.88. The Balaban J connectivity index is 2.07. The van der Waals surface area contributed by atoms with Gasteiger partial charge in [-0.3, -0.25) is 0 Å². The van der Waals surface area contributed by atoms with E-state index in [2.05, 4.69) is 75.5 Å². The molecule has 0 bridgehead atoms. The van der Waals surface area contributed by atoms with Crippen molar-refractivity contribution < 1.29 is 0 Å². The molecule has 0 radical (unpaired) electrons. The average Bonchev–Trinajstić information content (AvgIpc) is 2.40. The zero-order chi connectivity index (χ0) is 13.8. The van der Waals surface area contributed by atoms with Gasteiger partial charge in [-0.25, -0.2) is 0 Å². The maximum absolute atomic E-state index is 3.62. The third kappa shape index (κ3) is 3.24. The molecule has 1 atom stereocenters. The van der Waals surface area contributed by atoms with E-state index in [-0.39, 0.29) is 0 Å². The summed E-state index contributed by atoms with van der Waals surface area (Å²) in [6, 6.07) is 15.5. The molecule has 0 aromatic heterocycles. The number of hydrogen-bond donors (Lipinski definition) is 1. The highest BCUT2D eigenvalue weighted by Crippen LogP contribution is 2.18. The lowest BCUT2D eigenvalue weighted by Gasteiger charge is -2.18. The Bertz CT molecular complexity index is 557. The van der Waals surface area contributed by atoms with Crippen LogP contribution < -0.4 is 5.32 Å². The maximum Gasteiger partial charge on any atom is 0.0297 e. The van der Waals surface area contributed by atoms with Crippen molar-refractivity contribution in [2.75, 3.05) is 0 Å². The van der Waals surface area contributed by atoms with Crippen LogP contribution in [0.2, 0.25) is 0 Å². The Morgan fingerprint density at radius 1 is 0.895 bits per heavy atom. The molecule has 100 valence electrons. The molecular formula is C18H23N. The van der Waals surface area contributed by atoms with Crippen LogP contribution in [0, 0.1) is 20.8 Å². The summed E-state index contributed by atoms with van der Waals surface area (Å²) in [7, 11) is 0. The molecule has 1 heteroatoms. The maximum atomic E-state index is 3.62. The monoisotopic (exact) mass is 253 g/mol. The van der Waals surface area contributed by atoms with Crippen LogP contribution in [-0.4, -0.2) is 0 Å². The minimum absolute atomic E-state index is 0.376. The topological polar surface area (TPSA) is 12.0 Å². The Labute approximate surface area is 116 Å². The van der Waals surface area contributed by atoms with Crippen LogP contribution in [-0.2, 0) is 6.54 Å². The Morgan fingerprint density at radius 3 is 2.32 bits per heavy atom. The lowest BCUT2D eigenvalue weighted by Crippen LogP contribution is -2.19. The van der Waals surface area contributed by atoms with Crippen molar-refractivity contribution in [1.82, 2.24) is 5.32 Å². The van der Waals surface area contributed by atoms with Gasteiger partial charge in [0.05, 0.1) is 0 Å². The standard InChI is InChI=1S/C18H23N/c1-13-9-7-10-17(15(13)3)12-19-16(4)18-11-6-5-8-14(18)2/h5-11,16,19H,12H2,1-4H3/t16-/m0/s1. The second-order valence-electron chi connectivity index (χ2n) is 5.32. The van der Waals surface area contributed by atoms with Crippen molar-refractivity contribution in [2.24, 2.45) is 0 Å². The fourth-order valence-corrected chi connectivity index (χ4v) is 2.45. The zero-order valence-corrected chi connectivity index (χ0v) is 12.3. The lowest BCUT2D eigenvalue weighted by atomic mass is 10.0. The molecule has 1 nitrogen and oxygen atoms in total. The summed E-state index contributed by atoms with van der Waals surface area (Å²) in [5.74, 6) is 0. The van der Waals surface area contributed by atoms with E-state index in [1.807, 2.05) is 0 Å². The first-order valence-electron chi connectivity index (χ1n) is 6.93. The van der Waals surface area contributed by atoms with E-state index in [1.54, 1.807) is 0 Å². The zero-order valence-electron chi connectivity index (χ0n) is 12.3. The molecule has 0 saturated carbocycles. The third-order valence-corrected chi connectivity index (χ3v) is 3.97. The minimum atomic E-state index is 0.376. The molecule has 0 amide bonds. The van der Waals surface area contributed by atoms with Crippen LogP contribution in [0.15, 0.2) is 42.5 Å². The van der Waals surface area contributed by atoms with Crippen LogP contribution >= 0.6 is 0 Å². The van der Waals surface area contributed by atoms with Crippen LogP contribution in [0.5, 0.6) is 0 Å². The molecule has 0 fully saturated rings. The van der Waals surface area contributed by atoms with Crippen molar-refractivity contribution in [1.29, 1.82) is 0 Å². The SMILES string of the molecule is Cc1ccccc1[C@H](C)NCc1cccc(C)c1C. The van der Waals surface area contributed by atoms with Gasteiger partial charge in [0.1, 0.15) is 0 Å². The molecule has 0 saturated heterocycles. The van der Waals surface area contributed by atoms with Crippen molar-refractivity contribution >= 4 is 0 Å². The third-order valence-electron chi connectivity index (χ3n) is 3.97. The molecule has 0 aliphatic rings. The highest BCUT2D eigenvalue weighted by molar-refractivity contribution is 5.33. The molecule has 0 heterocycles. The van der Waals surface area contributed by atoms with Crippen molar-refractivity contribution in [3.05, 3.63) is 70.3 Å². The smallest absolute Gasteiger partial charge is 0.0297 e. The van der Waals surface area contributed by atoms with E-state index in [1.165, 1.54) is 27.8 Å². The number of aryl methyl sites for hydroxylation is 2. The highest BCUT2D eigenvalue weighted by atomic mass is 14.9. The minimum Gasteiger partial charge on any atom is -0.306 e. The first kappa shape index (κ1) is 13.8. The molecule has 0 aliphatic heterocycles.